The number of para-hydroxylation sites is 1. The number of anilines is 1. The Kier molecular flexibility index (Phi) is 9.37. The van der Waals surface area contributed by atoms with Crippen molar-refractivity contribution in [3.63, 3.8) is 0 Å². The lowest BCUT2D eigenvalue weighted by Gasteiger charge is -2.37. The number of benzene rings is 2. The van der Waals surface area contributed by atoms with Gasteiger partial charge in [0.1, 0.15) is 0 Å². The normalized spacial score (nSPS) is 14.2. The first-order valence-corrected chi connectivity index (χ1v) is 9.71. The van der Waals surface area contributed by atoms with Crippen LogP contribution in [0.1, 0.15) is 5.56 Å². The second-order valence-corrected chi connectivity index (χ2v) is 6.72. The molecule has 0 spiro atoms. The summed E-state index contributed by atoms with van der Waals surface area (Å²) in [7, 11) is 5.17. The number of piperazine rings is 1. The Labute approximate surface area is 190 Å². The summed E-state index contributed by atoms with van der Waals surface area (Å²) < 4.78 is 10.7. The summed E-state index contributed by atoms with van der Waals surface area (Å²) >= 11 is 0. The van der Waals surface area contributed by atoms with Crippen LogP contribution >= 0.6 is 24.0 Å². The van der Waals surface area contributed by atoms with E-state index in [4.69, 9.17) is 9.47 Å². The second kappa shape index (κ2) is 11.7. The molecule has 158 valence electrons. The summed E-state index contributed by atoms with van der Waals surface area (Å²) in [6, 6.07) is 16.6. The number of nitrogens with zero attached hydrogens (tertiary/aromatic N) is 3. The van der Waals surface area contributed by atoms with E-state index in [0.29, 0.717) is 0 Å². The Morgan fingerprint density at radius 2 is 1.66 bits per heavy atom. The van der Waals surface area contributed by atoms with Gasteiger partial charge in [0.05, 0.1) is 14.2 Å². The average Bonchev–Trinajstić information content (AvgIpc) is 2.77. The van der Waals surface area contributed by atoms with E-state index in [2.05, 4.69) is 56.5 Å². The maximum Gasteiger partial charge on any atom is 0.193 e. The lowest BCUT2D eigenvalue weighted by atomic mass is 10.1. The number of halogens is 1. The summed E-state index contributed by atoms with van der Waals surface area (Å²) in [5, 5.41) is 3.49. The molecule has 0 aromatic heterocycles. The second-order valence-electron chi connectivity index (χ2n) is 6.72. The van der Waals surface area contributed by atoms with Gasteiger partial charge in [-0.15, -0.1) is 24.0 Å². The van der Waals surface area contributed by atoms with Gasteiger partial charge in [-0.25, -0.2) is 0 Å². The minimum Gasteiger partial charge on any atom is -0.493 e. The minimum absolute atomic E-state index is 0. The van der Waals surface area contributed by atoms with Crippen LogP contribution in [0.15, 0.2) is 53.5 Å². The van der Waals surface area contributed by atoms with Crippen molar-refractivity contribution in [2.75, 3.05) is 58.9 Å². The Balaban J connectivity index is 0.00000300. The van der Waals surface area contributed by atoms with Crippen LogP contribution in [0, 0.1) is 0 Å². The summed E-state index contributed by atoms with van der Waals surface area (Å²) in [6.07, 6.45) is 0.892. The van der Waals surface area contributed by atoms with Crippen molar-refractivity contribution in [3.8, 4) is 11.5 Å². The van der Waals surface area contributed by atoms with Crippen molar-refractivity contribution >= 4 is 35.6 Å². The average molecular weight is 510 g/mol. The van der Waals surface area contributed by atoms with Crippen LogP contribution in [0.3, 0.4) is 0 Å². The van der Waals surface area contributed by atoms with E-state index in [1.165, 1.54) is 11.3 Å². The largest absolute Gasteiger partial charge is 0.493 e. The van der Waals surface area contributed by atoms with E-state index < -0.39 is 0 Å². The highest BCUT2D eigenvalue weighted by atomic mass is 127. The molecule has 0 aliphatic carbocycles. The van der Waals surface area contributed by atoms with Crippen molar-refractivity contribution in [2.45, 2.75) is 6.42 Å². The lowest BCUT2D eigenvalue weighted by Crippen LogP contribution is -2.52. The summed E-state index contributed by atoms with van der Waals surface area (Å²) in [6.45, 7) is 4.75. The summed E-state index contributed by atoms with van der Waals surface area (Å²) in [4.78, 5) is 9.22. The third kappa shape index (κ3) is 6.16. The zero-order valence-corrected chi connectivity index (χ0v) is 19.8. The van der Waals surface area contributed by atoms with Gasteiger partial charge < -0.3 is 24.6 Å². The van der Waals surface area contributed by atoms with Crippen molar-refractivity contribution < 1.29 is 9.47 Å². The van der Waals surface area contributed by atoms with Gasteiger partial charge in [0.25, 0.3) is 0 Å². The molecule has 1 N–H and O–H groups in total. The van der Waals surface area contributed by atoms with Crippen LogP contribution in [-0.2, 0) is 6.42 Å². The molecule has 1 saturated heterocycles. The van der Waals surface area contributed by atoms with Crippen LogP contribution in [0.5, 0.6) is 11.5 Å². The molecule has 0 radical (unpaired) electrons. The summed E-state index contributed by atoms with van der Waals surface area (Å²) in [5.41, 5.74) is 2.49. The molecular formula is C22H31IN4O2. The van der Waals surface area contributed by atoms with Gasteiger partial charge in [-0.3, -0.25) is 4.99 Å². The Morgan fingerprint density at radius 1 is 0.966 bits per heavy atom. The maximum absolute atomic E-state index is 5.39. The molecule has 1 aliphatic heterocycles. The highest BCUT2D eigenvalue weighted by Gasteiger charge is 2.19. The molecule has 7 heteroatoms. The molecule has 6 nitrogen and oxygen atoms in total. The maximum atomic E-state index is 5.39. The van der Waals surface area contributed by atoms with E-state index in [-0.39, 0.29) is 24.0 Å². The Bertz CT molecular complexity index is 778. The molecule has 1 aliphatic rings. The predicted molar refractivity (Wildman–Crippen MR) is 130 cm³/mol. The fraction of sp³-hybridized carbons (Fsp3) is 0.409. The zero-order valence-electron chi connectivity index (χ0n) is 17.4. The number of methoxy groups -OCH3 is 2. The van der Waals surface area contributed by atoms with Gasteiger partial charge in [-0.05, 0) is 36.2 Å². The molecule has 0 atom stereocenters. The van der Waals surface area contributed by atoms with Crippen molar-refractivity contribution in [3.05, 3.63) is 54.1 Å². The molecule has 0 unspecified atom stereocenters. The van der Waals surface area contributed by atoms with Crippen molar-refractivity contribution in [2.24, 2.45) is 4.99 Å². The molecule has 1 heterocycles. The van der Waals surface area contributed by atoms with Crippen LogP contribution in [0.2, 0.25) is 0 Å². The van der Waals surface area contributed by atoms with E-state index in [9.17, 15) is 0 Å². The van der Waals surface area contributed by atoms with Crippen LogP contribution < -0.4 is 19.7 Å². The van der Waals surface area contributed by atoms with Crippen molar-refractivity contribution in [1.82, 2.24) is 10.2 Å². The SMILES string of the molecule is CN=C(NCCc1ccc(OC)c(OC)c1)N1CCN(c2ccccc2)CC1.I. The van der Waals surface area contributed by atoms with Gasteiger partial charge in [-0.2, -0.15) is 0 Å². The van der Waals surface area contributed by atoms with E-state index >= 15 is 0 Å². The lowest BCUT2D eigenvalue weighted by molar-refractivity contribution is 0.354. The molecule has 2 aromatic rings. The first kappa shape index (κ1) is 23.1. The molecule has 3 rings (SSSR count). The zero-order chi connectivity index (χ0) is 19.8. The Morgan fingerprint density at radius 3 is 2.28 bits per heavy atom. The first-order valence-electron chi connectivity index (χ1n) is 9.71. The Hall–Kier alpha value is -2.16. The van der Waals surface area contributed by atoms with Gasteiger partial charge in [-0.1, -0.05) is 24.3 Å². The number of guanidine groups is 1. The van der Waals surface area contributed by atoms with Crippen LogP contribution in [0.4, 0.5) is 5.69 Å². The molecular weight excluding hydrogens is 479 g/mol. The fourth-order valence-electron chi connectivity index (χ4n) is 3.50. The highest BCUT2D eigenvalue weighted by molar-refractivity contribution is 14.0. The number of nitrogens with one attached hydrogen (secondary N) is 1. The number of rotatable bonds is 6. The van der Waals surface area contributed by atoms with Crippen molar-refractivity contribution in [1.29, 1.82) is 0 Å². The fourth-order valence-corrected chi connectivity index (χ4v) is 3.50. The van der Waals surface area contributed by atoms with E-state index in [0.717, 1.165) is 56.6 Å². The monoisotopic (exact) mass is 510 g/mol. The third-order valence-corrected chi connectivity index (χ3v) is 5.06. The standard InChI is InChI=1S/C22H30N4O2.HI/c1-23-22(24-12-11-18-9-10-20(27-2)21(17-18)28-3)26-15-13-25(14-16-26)19-7-5-4-6-8-19;/h4-10,17H,11-16H2,1-3H3,(H,23,24);1H. The van der Waals surface area contributed by atoms with E-state index in [1.54, 1.807) is 14.2 Å². The van der Waals surface area contributed by atoms with E-state index in [1.807, 2.05) is 19.2 Å². The van der Waals surface area contributed by atoms with Crippen LogP contribution in [-0.4, -0.2) is 64.9 Å². The molecule has 2 aromatic carbocycles. The first-order chi connectivity index (χ1) is 13.7. The topological polar surface area (TPSA) is 49.3 Å². The molecule has 1 fully saturated rings. The predicted octanol–water partition coefficient (Wildman–Crippen LogP) is 3.26. The van der Waals surface area contributed by atoms with Gasteiger partial charge in [0, 0.05) is 45.5 Å². The number of aliphatic imine (C=N–C) groups is 1. The molecule has 29 heavy (non-hydrogen) atoms. The van der Waals surface area contributed by atoms with Gasteiger partial charge in [0.15, 0.2) is 17.5 Å². The molecule has 0 saturated carbocycles. The third-order valence-electron chi connectivity index (χ3n) is 5.06. The van der Waals surface area contributed by atoms with Gasteiger partial charge in [0.2, 0.25) is 0 Å². The summed E-state index contributed by atoms with van der Waals surface area (Å²) in [5.74, 6) is 2.49. The van der Waals surface area contributed by atoms with Gasteiger partial charge >= 0.3 is 0 Å². The molecule has 0 bridgehead atoms. The quantitative estimate of drug-likeness (QED) is 0.368. The number of ether oxygens (including phenoxy) is 2. The van der Waals surface area contributed by atoms with Crippen LogP contribution in [0.25, 0.3) is 0 Å². The minimum atomic E-state index is 0. The highest BCUT2D eigenvalue weighted by Crippen LogP contribution is 2.27. The number of hydrogen-bond donors (Lipinski definition) is 1. The smallest absolute Gasteiger partial charge is 0.193 e. The molecule has 0 amide bonds. The number of hydrogen-bond acceptors (Lipinski definition) is 4.